The maximum atomic E-state index is 12.5. The molecule has 3 rings (SSSR count). The van der Waals surface area contributed by atoms with Gasteiger partial charge in [0.1, 0.15) is 0 Å². The number of piperidine rings is 1. The molecule has 2 heterocycles. The van der Waals surface area contributed by atoms with Gasteiger partial charge in [0.05, 0.1) is 6.04 Å². The van der Waals surface area contributed by atoms with E-state index in [0.717, 1.165) is 22.8 Å². The van der Waals surface area contributed by atoms with E-state index in [-0.39, 0.29) is 6.04 Å². The zero-order valence-corrected chi connectivity index (χ0v) is 11.8. The highest BCUT2D eigenvalue weighted by Crippen LogP contribution is 2.33. The topological polar surface area (TPSA) is 29.1 Å². The smallest absolute Gasteiger partial charge is 0.180 e. The Morgan fingerprint density at radius 1 is 1.28 bits per heavy atom. The fourth-order valence-corrected chi connectivity index (χ4v) is 4.23. The Hall–Kier alpha value is -0.670. The fourth-order valence-electron chi connectivity index (χ4n) is 3.53. The normalized spacial score (nSPS) is 31.9. The molecule has 3 unspecified atom stereocenters. The van der Waals surface area contributed by atoms with Gasteiger partial charge in [-0.25, -0.2) is 0 Å². The number of rotatable bonds is 2. The Kier molecular flexibility index (Phi) is 3.53. The van der Waals surface area contributed by atoms with E-state index in [1.807, 2.05) is 18.4 Å². The molecular formula is C15H21NOS. The van der Waals surface area contributed by atoms with Gasteiger partial charge in [-0.2, -0.15) is 0 Å². The minimum atomic E-state index is 0.0673. The number of carbonyl (C=O) groups is 1. The third-order valence-electron chi connectivity index (χ3n) is 4.59. The van der Waals surface area contributed by atoms with Crippen LogP contribution >= 0.6 is 11.3 Å². The number of ketones is 1. The van der Waals surface area contributed by atoms with Crippen molar-refractivity contribution in [3.05, 3.63) is 21.9 Å². The van der Waals surface area contributed by atoms with Crippen LogP contribution in [0.2, 0.25) is 0 Å². The summed E-state index contributed by atoms with van der Waals surface area (Å²) in [4.78, 5) is 13.7. The molecular weight excluding hydrogens is 242 g/mol. The molecule has 0 amide bonds. The molecule has 0 aromatic carbocycles. The molecule has 3 heteroatoms. The lowest BCUT2D eigenvalue weighted by molar-refractivity contribution is 0.0861. The fraction of sp³-hybridized carbons (Fsp3) is 0.667. The van der Waals surface area contributed by atoms with Gasteiger partial charge in [-0.05, 0) is 50.0 Å². The summed E-state index contributed by atoms with van der Waals surface area (Å²) < 4.78 is 0. The minimum Gasteiger partial charge on any atom is -0.304 e. The van der Waals surface area contributed by atoms with Crippen molar-refractivity contribution in [3.63, 3.8) is 0 Å². The summed E-state index contributed by atoms with van der Waals surface area (Å²) in [5.74, 6) is 1.14. The quantitative estimate of drug-likeness (QED) is 0.827. The molecule has 1 aliphatic carbocycles. The van der Waals surface area contributed by atoms with Crippen LogP contribution in [0.1, 0.15) is 53.8 Å². The number of aryl methyl sites for hydroxylation is 1. The molecule has 0 bridgehead atoms. The summed E-state index contributed by atoms with van der Waals surface area (Å²) in [5, 5.41) is 5.65. The van der Waals surface area contributed by atoms with Crippen molar-refractivity contribution in [2.75, 3.05) is 0 Å². The maximum absolute atomic E-state index is 12.5. The van der Waals surface area contributed by atoms with Crippen LogP contribution < -0.4 is 5.32 Å². The van der Waals surface area contributed by atoms with Crippen molar-refractivity contribution in [2.45, 2.75) is 57.5 Å². The summed E-state index contributed by atoms with van der Waals surface area (Å²) in [7, 11) is 0. The van der Waals surface area contributed by atoms with Gasteiger partial charge in [0.2, 0.25) is 0 Å². The highest BCUT2D eigenvalue weighted by atomic mass is 32.1. The molecule has 1 aromatic heterocycles. The number of thiophene rings is 1. The molecule has 2 fully saturated rings. The largest absolute Gasteiger partial charge is 0.304 e. The second-order valence-corrected chi connectivity index (χ2v) is 6.82. The Balaban J connectivity index is 1.70. The maximum Gasteiger partial charge on any atom is 0.180 e. The van der Waals surface area contributed by atoms with Crippen molar-refractivity contribution >= 4 is 17.1 Å². The second-order valence-electron chi connectivity index (χ2n) is 5.70. The number of fused-ring (bicyclic) bond motifs is 1. The SMILES string of the molecule is Cc1sccc1C(=O)C1CCC2CCCCC2N1. The molecule has 1 aliphatic heterocycles. The first kappa shape index (κ1) is 12.4. The molecule has 98 valence electrons. The van der Waals surface area contributed by atoms with Gasteiger partial charge in [0.25, 0.3) is 0 Å². The highest BCUT2D eigenvalue weighted by molar-refractivity contribution is 7.10. The molecule has 1 N–H and O–H groups in total. The molecule has 1 saturated heterocycles. The van der Waals surface area contributed by atoms with Gasteiger partial charge < -0.3 is 5.32 Å². The lowest BCUT2D eigenvalue weighted by Gasteiger charge is -2.40. The van der Waals surface area contributed by atoms with Crippen LogP contribution in [-0.4, -0.2) is 17.9 Å². The van der Waals surface area contributed by atoms with Crippen molar-refractivity contribution < 1.29 is 4.79 Å². The Morgan fingerprint density at radius 3 is 2.89 bits per heavy atom. The minimum absolute atomic E-state index is 0.0673. The van der Waals surface area contributed by atoms with E-state index >= 15 is 0 Å². The Morgan fingerprint density at radius 2 is 2.11 bits per heavy atom. The molecule has 2 nitrogen and oxygen atoms in total. The van der Waals surface area contributed by atoms with Crippen molar-refractivity contribution in [2.24, 2.45) is 5.92 Å². The predicted molar refractivity (Wildman–Crippen MR) is 75.3 cm³/mol. The van der Waals surface area contributed by atoms with Gasteiger partial charge in [-0.15, -0.1) is 11.3 Å². The molecule has 0 radical (unpaired) electrons. The zero-order chi connectivity index (χ0) is 12.5. The van der Waals surface area contributed by atoms with Gasteiger partial charge in [0, 0.05) is 16.5 Å². The standard InChI is InChI=1S/C15H21NOS/c1-10-12(8-9-18-10)15(17)14-7-6-11-4-2-3-5-13(11)16-14/h8-9,11,13-14,16H,2-7H2,1H3. The molecule has 18 heavy (non-hydrogen) atoms. The van der Waals surface area contributed by atoms with Gasteiger partial charge >= 0.3 is 0 Å². The van der Waals surface area contributed by atoms with E-state index in [2.05, 4.69) is 5.32 Å². The molecule has 2 aliphatic rings. The van der Waals surface area contributed by atoms with Gasteiger partial charge in [0.15, 0.2) is 5.78 Å². The summed E-state index contributed by atoms with van der Waals surface area (Å²) in [6, 6.07) is 2.65. The predicted octanol–water partition coefficient (Wildman–Crippen LogP) is 3.55. The van der Waals surface area contributed by atoms with Crippen LogP contribution in [0.4, 0.5) is 0 Å². The first-order chi connectivity index (χ1) is 8.75. The van der Waals surface area contributed by atoms with Crippen LogP contribution in [0.3, 0.4) is 0 Å². The highest BCUT2D eigenvalue weighted by Gasteiger charge is 2.34. The number of Topliss-reactive ketones (excluding diaryl/α,β-unsaturated/α-hetero) is 1. The van der Waals surface area contributed by atoms with Crippen LogP contribution in [0.25, 0.3) is 0 Å². The van der Waals surface area contributed by atoms with E-state index in [1.54, 1.807) is 11.3 Å². The average Bonchev–Trinajstić information content (AvgIpc) is 2.83. The summed E-state index contributed by atoms with van der Waals surface area (Å²) in [5.41, 5.74) is 0.937. The van der Waals surface area contributed by atoms with Crippen LogP contribution in [0, 0.1) is 12.8 Å². The lowest BCUT2D eigenvalue weighted by Crippen LogP contribution is -2.52. The van der Waals surface area contributed by atoms with E-state index < -0.39 is 0 Å². The van der Waals surface area contributed by atoms with E-state index in [0.29, 0.717) is 11.8 Å². The van der Waals surface area contributed by atoms with Crippen LogP contribution in [0.5, 0.6) is 0 Å². The Bertz CT molecular complexity index is 439. The Labute approximate surface area is 113 Å². The first-order valence-corrected chi connectivity index (χ1v) is 7.98. The molecule has 1 aromatic rings. The second kappa shape index (κ2) is 5.14. The first-order valence-electron chi connectivity index (χ1n) is 7.10. The third-order valence-corrected chi connectivity index (χ3v) is 5.44. The summed E-state index contributed by atoms with van der Waals surface area (Å²) in [6.45, 7) is 2.05. The summed E-state index contributed by atoms with van der Waals surface area (Å²) >= 11 is 1.67. The molecule has 0 spiro atoms. The van der Waals surface area contributed by atoms with E-state index in [4.69, 9.17) is 0 Å². The van der Waals surface area contributed by atoms with E-state index in [1.165, 1.54) is 32.1 Å². The van der Waals surface area contributed by atoms with Crippen molar-refractivity contribution in [3.8, 4) is 0 Å². The van der Waals surface area contributed by atoms with Crippen molar-refractivity contribution in [1.29, 1.82) is 0 Å². The molecule has 1 saturated carbocycles. The molecule has 3 atom stereocenters. The van der Waals surface area contributed by atoms with Crippen LogP contribution in [0.15, 0.2) is 11.4 Å². The number of hydrogen-bond donors (Lipinski definition) is 1. The van der Waals surface area contributed by atoms with Gasteiger partial charge in [-0.1, -0.05) is 12.8 Å². The number of carbonyl (C=O) groups excluding carboxylic acids is 1. The average molecular weight is 263 g/mol. The number of nitrogens with one attached hydrogen (secondary N) is 1. The zero-order valence-electron chi connectivity index (χ0n) is 10.9. The third kappa shape index (κ3) is 2.26. The van der Waals surface area contributed by atoms with Gasteiger partial charge in [-0.3, -0.25) is 4.79 Å². The summed E-state index contributed by atoms with van der Waals surface area (Å²) in [6.07, 6.45) is 7.58. The monoisotopic (exact) mass is 263 g/mol. The number of hydrogen-bond acceptors (Lipinski definition) is 3. The van der Waals surface area contributed by atoms with Crippen LogP contribution in [-0.2, 0) is 0 Å². The van der Waals surface area contributed by atoms with E-state index in [9.17, 15) is 4.79 Å². The van der Waals surface area contributed by atoms with Crippen molar-refractivity contribution in [1.82, 2.24) is 5.32 Å². The lowest BCUT2D eigenvalue weighted by atomic mass is 9.77.